The largest absolute Gasteiger partial charge is 0.376 e. The Morgan fingerprint density at radius 1 is 1.35 bits per heavy atom. The molecule has 0 aliphatic heterocycles. The van der Waals surface area contributed by atoms with E-state index in [0.717, 1.165) is 0 Å². The minimum absolute atomic E-state index is 0.0707. The Kier molecular flexibility index (Phi) is 4.15. The van der Waals surface area contributed by atoms with E-state index < -0.39 is 5.54 Å². The molecule has 0 saturated carbocycles. The zero-order chi connectivity index (χ0) is 14.8. The van der Waals surface area contributed by atoms with Gasteiger partial charge in [-0.2, -0.15) is 4.98 Å². The molecule has 0 aliphatic carbocycles. The molecule has 2 aromatic rings. The van der Waals surface area contributed by atoms with Crippen LogP contribution in [0.25, 0.3) is 11.5 Å². The summed E-state index contributed by atoms with van der Waals surface area (Å²) in [6.45, 7) is 5.91. The molecule has 0 amide bonds. The number of nitrogens with two attached hydrogens (primary N) is 1. The topological polar surface area (TPSA) is 74.2 Å². The minimum Gasteiger partial charge on any atom is -0.376 e. The predicted molar refractivity (Wildman–Crippen MR) is 72.3 cm³/mol. The van der Waals surface area contributed by atoms with Crippen LogP contribution in [-0.4, -0.2) is 22.9 Å². The summed E-state index contributed by atoms with van der Waals surface area (Å²) in [5, 5.41) is 3.88. The molecule has 108 valence electrons. The third-order valence-electron chi connectivity index (χ3n) is 2.74. The van der Waals surface area contributed by atoms with Crippen LogP contribution in [0.3, 0.4) is 0 Å². The number of halogens is 1. The first kappa shape index (κ1) is 14.6. The molecule has 6 heteroatoms. The summed E-state index contributed by atoms with van der Waals surface area (Å²) in [6, 6.07) is 5.82. The van der Waals surface area contributed by atoms with Gasteiger partial charge in [0, 0.05) is 5.56 Å². The third kappa shape index (κ3) is 3.40. The first-order valence-corrected chi connectivity index (χ1v) is 6.39. The van der Waals surface area contributed by atoms with Crippen LogP contribution in [0.1, 0.15) is 26.6 Å². The molecule has 1 aromatic carbocycles. The zero-order valence-electron chi connectivity index (χ0n) is 11.8. The average molecular weight is 279 g/mol. The number of nitrogens with zero attached hydrogens (tertiary/aromatic N) is 2. The number of hydrogen-bond donors (Lipinski definition) is 1. The molecule has 2 rings (SSSR count). The Morgan fingerprint density at radius 2 is 2.00 bits per heavy atom. The predicted octanol–water partition coefficient (Wildman–Crippen LogP) is 2.47. The normalized spacial score (nSPS) is 14.5. The van der Waals surface area contributed by atoms with Gasteiger partial charge < -0.3 is 15.0 Å². The van der Waals surface area contributed by atoms with Crippen molar-refractivity contribution < 1.29 is 13.7 Å². The van der Waals surface area contributed by atoms with Crippen LogP contribution in [0, 0.1) is 5.82 Å². The molecule has 0 fully saturated rings. The molecule has 5 nitrogen and oxygen atoms in total. The molecule has 0 spiro atoms. The lowest BCUT2D eigenvalue weighted by molar-refractivity contribution is 0.0410. The summed E-state index contributed by atoms with van der Waals surface area (Å²) in [5.74, 6) is 0.348. The van der Waals surface area contributed by atoms with E-state index in [1.165, 1.54) is 12.1 Å². The second-order valence-electron chi connectivity index (χ2n) is 5.21. The van der Waals surface area contributed by atoms with Crippen molar-refractivity contribution in [3.8, 4) is 11.5 Å². The van der Waals surface area contributed by atoms with Crippen LogP contribution in [0.15, 0.2) is 28.8 Å². The van der Waals surface area contributed by atoms with E-state index in [-0.39, 0.29) is 18.5 Å². The fourth-order valence-electron chi connectivity index (χ4n) is 1.57. The second-order valence-corrected chi connectivity index (χ2v) is 5.21. The fraction of sp³-hybridized carbons (Fsp3) is 0.429. The maximum atomic E-state index is 12.9. The summed E-state index contributed by atoms with van der Waals surface area (Å²) in [6.07, 6.45) is 0.0707. The highest BCUT2D eigenvalue weighted by molar-refractivity contribution is 5.52. The molecule has 2 N–H and O–H groups in total. The SMILES string of the molecule is CC(C)OCC(C)(N)c1noc(-c2ccc(F)cc2)n1. The van der Waals surface area contributed by atoms with Gasteiger partial charge in [0.1, 0.15) is 11.4 Å². The van der Waals surface area contributed by atoms with Crippen LogP contribution in [0.5, 0.6) is 0 Å². The van der Waals surface area contributed by atoms with E-state index in [1.807, 2.05) is 13.8 Å². The van der Waals surface area contributed by atoms with Gasteiger partial charge >= 0.3 is 0 Å². The smallest absolute Gasteiger partial charge is 0.257 e. The lowest BCUT2D eigenvalue weighted by atomic mass is 10.1. The molecule has 1 heterocycles. The van der Waals surface area contributed by atoms with Crippen LogP contribution in [0.2, 0.25) is 0 Å². The van der Waals surface area contributed by atoms with Gasteiger partial charge in [0.05, 0.1) is 12.7 Å². The second kappa shape index (κ2) is 5.68. The third-order valence-corrected chi connectivity index (χ3v) is 2.74. The lowest BCUT2D eigenvalue weighted by Gasteiger charge is -2.21. The van der Waals surface area contributed by atoms with Crippen molar-refractivity contribution in [2.24, 2.45) is 5.73 Å². The van der Waals surface area contributed by atoms with Crippen molar-refractivity contribution in [1.29, 1.82) is 0 Å². The van der Waals surface area contributed by atoms with Gasteiger partial charge in [0.2, 0.25) is 0 Å². The van der Waals surface area contributed by atoms with Gasteiger partial charge in [-0.1, -0.05) is 5.16 Å². The number of hydrogen-bond acceptors (Lipinski definition) is 5. The molecule has 0 bridgehead atoms. The van der Waals surface area contributed by atoms with E-state index in [0.29, 0.717) is 17.3 Å². The maximum absolute atomic E-state index is 12.9. The Hall–Kier alpha value is -1.79. The molecule has 20 heavy (non-hydrogen) atoms. The fourth-order valence-corrected chi connectivity index (χ4v) is 1.57. The standard InChI is InChI=1S/C14H18FN3O2/c1-9(2)19-8-14(3,16)13-17-12(20-18-13)10-4-6-11(15)7-5-10/h4-7,9H,8,16H2,1-3H3. The molecule has 1 aromatic heterocycles. The number of rotatable bonds is 5. The number of ether oxygens (including phenoxy) is 1. The van der Waals surface area contributed by atoms with Crippen molar-refractivity contribution in [1.82, 2.24) is 10.1 Å². The molecule has 1 atom stereocenters. The highest BCUT2D eigenvalue weighted by atomic mass is 19.1. The van der Waals surface area contributed by atoms with E-state index in [4.69, 9.17) is 15.0 Å². The van der Waals surface area contributed by atoms with Gasteiger partial charge in [-0.3, -0.25) is 0 Å². The molecule has 1 unspecified atom stereocenters. The Balaban J connectivity index is 2.17. The summed E-state index contributed by atoms with van der Waals surface area (Å²) in [5.41, 5.74) is 5.93. The summed E-state index contributed by atoms with van der Waals surface area (Å²) in [7, 11) is 0. The quantitative estimate of drug-likeness (QED) is 0.910. The van der Waals surface area contributed by atoms with E-state index >= 15 is 0 Å². The monoisotopic (exact) mass is 279 g/mol. The van der Waals surface area contributed by atoms with Gasteiger partial charge in [-0.15, -0.1) is 0 Å². The van der Waals surface area contributed by atoms with Crippen LogP contribution >= 0.6 is 0 Å². The lowest BCUT2D eigenvalue weighted by Crippen LogP contribution is -2.40. The number of aromatic nitrogens is 2. The minimum atomic E-state index is -0.841. The maximum Gasteiger partial charge on any atom is 0.257 e. The first-order chi connectivity index (χ1) is 9.38. The highest BCUT2D eigenvalue weighted by Crippen LogP contribution is 2.22. The van der Waals surface area contributed by atoms with Crippen molar-refractivity contribution >= 4 is 0 Å². The van der Waals surface area contributed by atoms with Crippen molar-refractivity contribution in [2.45, 2.75) is 32.4 Å². The van der Waals surface area contributed by atoms with E-state index in [2.05, 4.69) is 10.1 Å². The van der Waals surface area contributed by atoms with Crippen LogP contribution in [-0.2, 0) is 10.3 Å². The summed E-state index contributed by atoms with van der Waals surface area (Å²) < 4.78 is 23.5. The van der Waals surface area contributed by atoms with E-state index in [9.17, 15) is 4.39 Å². The van der Waals surface area contributed by atoms with Gasteiger partial charge in [-0.05, 0) is 45.0 Å². The first-order valence-electron chi connectivity index (χ1n) is 6.39. The molecular weight excluding hydrogens is 261 g/mol. The van der Waals surface area contributed by atoms with Gasteiger partial charge in [0.25, 0.3) is 5.89 Å². The molecule has 0 saturated heterocycles. The number of benzene rings is 1. The Labute approximate surface area is 116 Å². The van der Waals surface area contributed by atoms with Crippen LogP contribution in [0.4, 0.5) is 4.39 Å². The average Bonchev–Trinajstić information content (AvgIpc) is 2.88. The molecular formula is C14H18FN3O2. The van der Waals surface area contributed by atoms with Gasteiger partial charge in [-0.25, -0.2) is 4.39 Å². The summed E-state index contributed by atoms with van der Waals surface area (Å²) in [4.78, 5) is 4.25. The van der Waals surface area contributed by atoms with Crippen molar-refractivity contribution in [3.63, 3.8) is 0 Å². The molecule has 0 radical (unpaired) electrons. The van der Waals surface area contributed by atoms with E-state index in [1.54, 1.807) is 19.1 Å². The highest BCUT2D eigenvalue weighted by Gasteiger charge is 2.28. The zero-order valence-corrected chi connectivity index (χ0v) is 11.8. The van der Waals surface area contributed by atoms with Gasteiger partial charge in [0.15, 0.2) is 5.82 Å². The van der Waals surface area contributed by atoms with Crippen molar-refractivity contribution in [3.05, 3.63) is 35.9 Å². The van der Waals surface area contributed by atoms with Crippen LogP contribution < -0.4 is 5.73 Å². The summed E-state index contributed by atoms with van der Waals surface area (Å²) >= 11 is 0. The van der Waals surface area contributed by atoms with Crippen molar-refractivity contribution in [2.75, 3.05) is 6.61 Å². The Morgan fingerprint density at radius 3 is 2.60 bits per heavy atom. The Bertz CT molecular complexity index is 564. The molecule has 0 aliphatic rings.